The molecule has 4 aromatic rings. The van der Waals surface area contributed by atoms with Gasteiger partial charge in [-0.2, -0.15) is 0 Å². The number of pyridine rings is 2. The number of rotatable bonds is 4. The molecular weight excluding hydrogens is 374 g/mol. The topological polar surface area (TPSA) is 64.1 Å². The van der Waals surface area contributed by atoms with Crippen molar-refractivity contribution in [2.75, 3.05) is 0 Å². The molecular formula is C25H19N3O2. The van der Waals surface area contributed by atoms with Gasteiger partial charge in [0.2, 0.25) is 5.91 Å². The van der Waals surface area contributed by atoms with Crippen LogP contribution in [0, 0.1) is 0 Å². The van der Waals surface area contributed by atoms with Gasteiger partial charge in [-0.15, -0.1) is 0 Å². The Balaban J connectivity index is 1.44. The number of fused-ring (bicyclic) bond motifs is 2. The number of hydrogen-bond acceptors (Lipinski definition) is 4. The highest BCUT2D eigenvalue weighted by Gasteiger charge is 2.32. The maximum absolute atomic E-state index is 13.3. The predicted molar refractivity (Wildman–Crippen MR) is 114 cm³/mol. The van der Waals surface area contributed by atoms with Gasteiger partial charge in [0.05, 0.1) is 11.6 Å². The molecule has 1 aliphatic heterocycles. The van der Waals surface area contributed by atoms with Gasteiger partial charge in [-0.1, -0.05) is 42.5 Å². The molecule has 0 saturated heterocycles. The van der Waals surface area contributed by atoms with E-state index in [4.69, 9.17) is 4.74 Å². The van der Waals surface area contributed by atoms with Gasteiger partial charge >= 0.3 is 0 Å². The maximum atomic E-state index is 13.3. The van der Waals surface area contributed by atoms with E-state index in [0.29, 0.717) is 18.0 Å². The Bertz CT molecular complexity index is 1160. The van der Waals surface area contributed by atoms with E-state index in [1.807, 2.05) is 72.8 Å². The number of carbonyl (C=O) groups excluding carboxylic acids is 1. The standard InChI is InChI=1S/C25H19N3O2/c29-25(28-16-18-8-6-14-27-24(18)17-7-5-13-26-15-17)23-19-9-1-3-11-21(19)30-22-12-4-2-10-20(22)23/h1-15,23H,16H2,(H,28,29). The fraction of sp³-hybridized carbons (Fsp3) is 0.0800. The monoisotopic (exact) mass is 393 g/mol. The second kappa shape index (κ2) is 7.79. The number of aromatic nitrogens is 2. The lowest BCUT2D eigenvalue weighted by Crippen LogP contribution is -2.31. The van der Waals surface area contributed by atoms with Crippen LogP contribution in [0.15, 0.2) is 91.4 Å². The van der Waals surface area contributed by atoms with Crippen molar-refractivity contribution >= 4 is 5.91 Å². The number of amides is 1. The smallest absolute Gasteiger partial charge is 0.232 e. The van der Waals surface area contributed by atoms with Crippen molar-refractivity contribution < 1.29 is 9.53 Å². The fourth-order valence-electron chi connectivity index (χ4n) is 3.82. The molecule has 0 saturated carbocycles. The minimum atomic E-state index is -0.426. The molecule has 3 heterocycles. The first-order chi connectivity index (χ1) is 14.8. The van der Waals surface area contributed by atoms with Gasteiger partial charge in [-0.25, -0.2) is 0 Å². The molecule has 5 heteroatoms. The van der Waals surface area contributed by atoms with Crippen LogP contribution < -0.4 is 10.1 Å². The zero-order chi connectivity index (χ0) is 20.3. The minimum absolute atomic E-state index is 0.0702. The van der Waals surface area contributed by atoms with Crippen LogP contribution in [0.2, 0.25) is 0 Å². The van der Waals surface area contributed by atoms with E-state index in [9.17, 15) is 4.79 Å². The number of nitrogens with zero attached hydrogens (tertiary/aromatic N) is 2. The van der Waals surface area contributed by atoms with Crippen LogP contribution in [0.3, 0.4) is 0 Å². The van der Waals surface area contributed by atoms with E-state index in [1.54, 1.807) is 18.6 Å². The summed E-state index contributed by atoms with van der Waals surface area (Å²) < 4.78 is 6.00. The van der Waals surface area contributed by atoms with Crippen molar-refractivity contribution in [3.63, 3.8) is 0 Å². The molecule has 0 atom stereocenters. The molecule has 0 radical (unpaired) electrons. The zero-order valence-corrected chi connectivity index (χ0v) is 16.2. The number of para-hydroxylation sites is 2. The quantitative estimate of drug-likeness (QED) is 0.546. The van der Waals surface area contributed by atoms with Crippen LogP contribution in [0.25, 0.3) is 11.3 Å². The summed E-state index contributed by atoms with van der Waals surface area (Å²) in [4.78, 5) is 22.0. The van der Waals surface area contributed by atoms with Crippen molar-refractivity contribution in [2.45, 2.75) is 12.5 Å². The predicted octanol–water partition coefficient (Wildman–Crippen LogP) is 4.70. The summed E-state index contributed by atoms with van der Waals surface area (Å²) in [6, 6.07) is 23.1. The first-order valence-corrected chi connectivity index (χ1v) is 9.79. The largest absolute Gasteiger partial charge is 0.457 e. The normalized spacial score (nSPS) is 12.4. The first-order valence-electron chi connectivity index (χ1n) is 9.79. The fourth-order valence-corrected chi connectivity index (χ4v) is 3.82. The Morgan fingerprint density at radius 1 is 0.867 bits per heavy atom. The van der Waals surface area contributed by atoms with E-state index >= 15 is 0 Å². The molecule has 1 N–H and O–H groups in total. The van der Waals surface area contributed by atoms with E-state index in [0.717, 1.165) is 27.9 Å². The van der Waals surface area contributed by atoms with Crippen molar-refractivity contribution in [1.82, 2.24) is 15.3 Å². The third-order valence-corrected chi connectivity index (χ3v) is 5.22. The second-order valence-electron chi connectivity index (χ2n) is 7.08. The number of ether oxygens (including phenoxy) is 1. The van der Waals surface area contributed by atoms with Crippen LogP contribution in [-0.4, -0.2) is 15.9 Å². The van der Waals surface area contributed by atoms with Crippen LogP contribution in [0.5, 0.6) is 11.5 Å². The molecule has 0 unspecified atom stereocenters. The molecule has 146 valence electrons. The van der Waals surface area contributed by atoms with Crippen molar-refractivity contribution in [3.05, 3.63) is 108 Å². The van der Waals surface area contributed by atoms with E-state index in [1.165, 1.54) is 0 Å². The van der Waals surface area contributed by atoms with Crippen LogP contribution in [0.4, 0.5) is 0 Å². The zero-order valence-electron chi connectivity index (χ0n) is 16.2. The second-order valence-corrected chi connectivity index (χ2v) is 7.08. The van der Waals surface area contributed by atoms with Gasteiger partial charge in [0.25, 0.3) is 0 Å². The molecule has 0 aliphatic carbocycles. The Kier molecular flexibility index (Phi) is 4.69. The van der Waals surface area contributed by atoms with Gasteiger partial charge < -0.3 is 10.1 Å². The highest BCUT2D eigenvalue weighted by molar-refractivity contribution is 5.89. The molecule has 1 amide bonds. The maximum Gasteiger partial charge on any atom is 0.232 e. The molecule has 2 aromatic heterocycles. The van der Waals surface area contributed by atoms with Gasteiger partial charge in [-0.3, -0.25) is 14.8 Å². The van der Waals surface area contributed by atoms with Gasteiger partial charge in [0, 0.05) is 41.8 Å². The number of carbonyl (C=O) groups is 1. The Labute approximate surface area is 174 Å². The highest BCUT2D eigenvalue weighted by Crippen LogP contribution is 2.43. The average Bonchev–Trinajstić information content (AvgIpc) is 2.81. The number of nitrogens with one attached hydrogen (secondary N) is 1. The van der Waals surface area contributed by atoms with Crippen LogP contribution >= 0.6 is 0 Å². The van der Waals surface area contributed by atoms with Crippen molar-refractivity contribution in [1.29, 1.82) is 0 Å². The summed E-state index contributed by atoms with van der Waals surface area (Å²) in [5, 5.41) is 3.11. The molecule has 5 nitrogen and oxygen atoms in total. The lowest BCUT2D eigenvalue weighted by molar-refractivity contribution is -0.122. The SMILES string of the molecule is O=C(NCc1cccnc1-c1cccnc1)C1c2ccccc2Oc2ccccc21. The summed E-state index contributed by atoms with van der Waals surface area (Å²) in [7, 11) is 0. The summed E-state index contributed by atoms with van der Waals surface area (Å²) in [6.45, 7) is 0.374. The van der Waals surface area contributed by atoms with E-state index in [-0.39, 0.29) is 5.91 Å². The highest BCUT2D eigenvalue weighted by atomic mass is 16.5. The third-order valence-electron chi connectivity index (χ3n) is 5.22. The summed E-state index contributed by atoms with van der Waals surface area (Å²) in [5.41, 5.74) is 4.41. The summed E-state index contributed by atoms with van der Waals surface area (Å²) >= 11 is 0. The number of benzene rings is 2. The van der Waals surface area contributed by atoms with Gasteiger partial charge in [0.15, 0.2) is 0 Å². The van der Waals surface area contributed by atoms with Crippen molar-refractivity contribution in [3.8, 4) is 22.8 Å². The van der Waals surface area contributed by atoms with Crippen LogP contribution in [-0.2, 0) is 11.3 Å². The lowest BCUT2D eigenvalue weighted by atomic mass is 9.87. The molecule has 1 aliphatic rings. The van der Waals surface area contributed by atoms with Crippen LogP contribution in [0.1, 0.15) is 22.6 Å². The molecule has 2 aromatic carbocycles. The third kappa shape index (κ3) is 3.31. The van der Waals surface area contributed by atoms with Crippen molar-refractivity contribution in [2.24, 2.45) is 0 Å². The van der Waals surface area contributed by atoms with E-state index < -0.39 is 5.92 Å². The Morgan fingerprint density at radius 2 is 1.57 bits per heavy atom. The average molecular weight is 393 g/mol. The summed E-state index contributed by atoms with van der Waals surface area (Å²) in [6.07, 6.45) is 5.26. The van der Waals surface area contributed by atoms with E-state index in [2.05, 4.69) is 15.3 Å². The summed E-state index contributed by atoms with van der Waals surface area (Å²) in [5.74, 6) is 0.936. The molecule has 0 fully saturated rings. The molecule has 30 heavy (non-hydrogen) atoms. The Hall–Kier alpha value is -3.99. The lowest BCUT2D eigenvalue weighted by Gasteiger charge is -2.27. The molecule has 0 spiro atoms. The first kappa shape index (κ1) is 18.1. The molecule has 0 bridgehead atoms. The number of hydrogen-bond donors (Lipinski definition) is 1. The minimum Gasteiger partial charge on any atom is -0.457 e. The van der Waals surface area contributed by atoms with Gasteiger partial charge in [-0.05, 0) is 35.9 Å². The van der Waals surface area contributed by atoms with Gasteiger partial charge in [0.1, 0.15) is 11.5 Å². The molecule has 5 rings (SSSR count). The Morgan fingerprint density at radius 3 is 2.27 bits per heavy atom.